The molecule has 170 valence electrons. The zero-order valence-corrected chi connectivity index (χ0v) is 17.2. The Bertz CT molecular complexity index is 1170. The standard InChI is InChI=1S/C22H24FN3O6/c23-16-11-24-14(10-15(16)13-4-2-1-3-5-13)12-26-18(28)6-8-25(22(26)31)21-20(30)19(29)17(32-21)7-9-27/h2,4-6,8,10-11,17,19-21,27,29-30H,1,3,7,9,12H2. The topological polar surface area (TPSA) is 127 Å². The van der Waals surface area contributed by atoms with Gasteiger partial charge in [-0.2, -0.15) is 0 Å². The smallest absolute Gasteiger partial charge is 0.333 e. The van der Waals surface area contributed by atoms with Crippen LogP contribution < -0.4 is 11.2 Å². The number of aliphatic hydroxyl groups is 3. The van der Waals surface area contributed by atoms with E-state index in [1.54, 1.807) is 0 Å². The van der Waals surface area contributed by atoms with E-state index < -0.39 is 41.6 Å². The highest BCUT2D eigenvalue weighted by Crippen LogP contribution is 2.30. The molecular formula is C22H24FN3O6. The van der Waals surface area contributed by atoms with Gasteiger partial charge in [-0.05, 0) is 30.9 Å². The van der Waals surface area contributed by atoms with E-state index in [9.17, 15) is 24.2 Å². The number of pyridine rings is 1. The lowest BCUT2D eigenvalue weighted by Crippen LogP contribution is -2.43. The van der Waals surface area contributed by atoms with Crippen LogP contribution in [0.3, 0.4) is 0 Å². The number of aliphatic hydroxyl groups excluding tert-OH is 3. The first kappa shape index (κ1) is 22.3. The Labute approximate surface area is 182 Å². The van der Waals surface area contributed by atoms with Crippen molar-refractivity contribution in [2.24, 2.45) is 0 Å². The normalized spacial score (nSPS) is 25.2. The molecule has 0 radical (unpaired) electrons. The molecule has 4 unspecified atom stereocenters. The van der Waals surface area contributed by atoms with Crippen LogP contribution in [0.4, 0.5) is 4.39 Å². The van der Waals surface area contributed by atoms with E-state index in [1.165, 1.54) is 12.3 Å². The molecule has 0 amide bonds. The monoisotopic (exact) mass is 445 g/mol. The van der Waals surface area contributed by atoms with Crippen molar-refractivity contribution in [2.45, 2.75) is 50.3 Å². The molecule has 0 bridgehead atoms. The van der Waals surface area contributed by atoms with Gasteiger partial charge in [0.2, 0.25) is 0 Å². The van der Waals surface area contributed by atoms with Gasteiger partial charge in [0.25, 0.3) is 5.56 Å². The highest BCUT2D eigenvalue weighted by molar-refractivity contribution is 5.75. The predicted octanol–water partition coefficient (Wildman–Crippen LogP) is 0.327. The minimum Gasteiger partial charge on any atom is -0.396 e. The van der Waals surface area contributed by atoms with Gasteiger partial charge in [-0.1, -0.05) is 18.2 Å². The van der Waals surface area contributed by atoms with Crippen molar-refractivity contribution >= 4 is 5.57 Å². The number of hydrogen-bond acceptors (Lipinski definition) is 7. The Morgan fingerprint density at radius 2 is 2.03 bits per heavy atom. The third-order valence-electron chi connectivity index (χ3n) is 5.66. The minimum absolute atomic E-state index is 0.0791. The number of ether oxygens (including phenoxy) is 1. The minimum atomic E-state index is -1.42. The quantitative estimate of drug-likeness (QED) is 0.585. The number of allylic oxidation sites excluding steroid dienone is 4. The van der Waals surface area contributed by atoms with Crippen LogP contribution in [0, 0.1) is 5.82 Å². The number of aromatic nitrogens is 3. The maximum absolute atomic E-state index is 14.3. The summed E-state index contributed by atoms with van der Waals surface area (Å²) in [7, 11) is 0. The second-order valence-electron chi connectivity index (χ2n) is 7.78. The Kier molecular flexibility index (Phi) is 6.47. The summed E-state index contributed by atoms with van der Waals surface area (Å²) in [5.41, 5.74) is -0.0239. The van der Waals surface area contributed by atoms with Gasteiger partial charge in [0.05, 0.1) is 24.5 Å². The van der Waals surface area contributed by atoms with Gasteiger partial charge in [-0.15, -0.1) is 0 Å². The molecule has 0 aromatic carbocycles. The summed E-state index contributed by atoms with van der Waals surface area (Å²) in [5, 5.41) is 29.5. The third-order valence-corrected chi connectivity index (χ3v) is 5.66. The van der Waals surface area contributed by atoms with E-state index in [0.29, 0.717) is 16.8 Å². The Morgan fingerprint density at radius 3 is 2.75 bits per heavy atom. The van der Waals surface area contributed by atoms with E-state index in [1.807, 2.05) is 18.2 Å². The summed E-state index contributed by atoms with van der Waals surface area (Å²) in [6, 6.07) is 2.64. The van der Waals surface area contributed by atoms with E-state index in [4.69, 9.17) is 9.84 Å². The van der Waals surface area contributed by atoms with Gasteiger partial charge >= 0.3 is 5.69 Å². The molecule has 32 heavy (non-hydrogen) atoms. The van der Waals surface area contributed by atoms with E-state index in [2.05, 4.69) is 4.98 Å². The molecule has 1 aliphatic carbocycles. The fraction of sp³-hybridized carbons (Fsp3) is 0.409. The molecule has 4 rings (SSSR count). The SMILES string of the molecule is O=c1ccn(C2OC(CCO)C(O)C2O)c(=O)n1Cc1cc(C2=CCCC=C2)c(F)cn1. The molecule has 3 N–H and O–H groups in total. The van der Waals surface area contributed by atoms with Crippen LogP contribution in [-0.2, 0) is 11.3 Å². The fourth-order valence-corrected chi connectivity index (χ4v) is 3.96. The van der Waals surface area contributed by atoms with E-state index >= 15 is 0 Å². The van der Waals surface area contributed by atoms with Crippen molar-refractivity contribution in [3.63, 3.8) is 0 Å². The third kappa shape index (κ3) is 4.22. The lowest BCUT2D eigenvalue weighted by molar-refractivity contribution is -0.0458. The molecule has 2 aromatic heterocycles. The molecule has 9 nitrogen and oxygen atoms in total. The van der Waals surface area contributed by atoms with Gasteiger partial charge in [-0.3, -0.25) is 18.9 Å². The van der Waals surface area contributed by atoms with Crippen LogP contribution in [0.2, 0.25) is 0 Å². The van der Waals surface area contributed by atoms with Crippen molar-refractivity contribution < 1.29 is 24.4 Å². The van der Waals surface area contributed by atoms with Gasteiger partial charge in [0.15, 0.2) is 6.23 Å². The molecule has 3 heterocycles. The lowest BCUT2D eigenvalue weighted by Gasteiger charge is -2.19. The summed E-state index contributed by atoms with van der Waals surface area (Å²) >= 11 is 0. The number of halogens is 1. The van der Waals surface area contributed by atoms with Crippen molar-refractivity contribution in [3.8, 4) is 0 Å². The number of hydrogen-bond donors (Lipinski definition) is 3. The average Bonchev–Trinajstić information content (AvgIpc) is 3.07. The zero-order valence-electron chi connectivity index (χ0n) is 17.2. The van der Waals surface area contributed by atoms with Crippen LogP contribution in [0.15, 0.2) is 52.3 Å². The van der Waals surface area contributed by atoms with Crippen LogP contribution in [0.5, 0.6) is 0 Å². The van der Waals surface area contributed by atoms with Crippen molar-refractivity contribution in [3.05, 3.63) is 80.7 Å². The van der Waals surface area contributed by atoms with Gasteiger partial charge in [-0.25, -0.2) is 9.18 Å². The molecular weight excluding hydrogens is 421 g/mol. The first-order valence-corrected chi connectivity index (χ1v) is 10.4. The Balaban J connectivity index is 1.66. The largest absolute Gasteiger partial charge is 0.396 e. The van der Waals surface area contributed by atoms with Gasteiger partial charge < -0.3 is 20.1 Å². The molecule has 0 spiro atoms. The summed E-state index contributed by atoms with van der Waals surface area (Å²) in [6.07, 6.45) is 4.87. The van der Waals surface area contributed by atoms with Crippen LogP contribution in [0.1, 0.15) is 36.7 Å². The number of nitrogens with zero attached hydrogens (tertiary/aromatic N) is 3. The summed E-state index contributed by atoms with van der Waals surface area (Å²) < 4.78 is 21.8. The number of rotatable bonds is 6. The summed E-state index contributed by atoms with van der Waals surface area (Å²) in [6.45, 7) is -0.478. The molecule has 0 saturated carbocycles. The maximum atomic E-state index is 14.3. The van der Waals surface area contributed by atoms with Crippen molar-refractivity contribution in [1.29, 1.82) is 0 Å². The van der Waals surface area contributed by atoms with E-state index in [0.717, 1.165) is 34.2 Å². The lowest BCUT2D eigenvalue weighted by atomic mass is 9.99. The Morgan fingerprint density at radius 1 is 1.22 bits per heavy atom. The summed E-state index contributed by atoms with van der Waals surface area (Å²) in [5.74, 6) is -0.504. The predicted molar refractivity (Wildman–Crippen MR) is 112 cm³/mol. The first-order valence-electron chi connectivity index (χ1n) is 10.4. The van der Waals surface area contributed by atoms with Gasteiger partial charge in [0, 0.05) is 24.4 Å². The molecule has 2 aromatic rings. The van der Waals surface area contributed by atoms with Crippen LogP contribution in [0.25, 0.3) is 5.57 Å². The highest BCUT2D eigenvalue weighted by Gasteiger charge is 2.43. The highest BCUT2D eigenvalue weighted by atomic mass is 19.1. The fourth-order valence-electron chi connectivity index (χ4n) is 3.96. The van der Waals surface area contributed by atoms with Crippen molar-refractivity contribution in [1.82, 2.24) is 14.1 Å². The molecule has 1 saturated heterocycles. The first-order chi connectivity index (χ1) is 15.4. The molecule has 2 aliphatic rings. The second-order valence-corrected chi connectivity index (χ2v) is 7.78. The zero-order chi connectivity index (χ0) is 22.8. The van der Waals surface area contributed by atoms with Crippen LogP contribution >= 0.6 is 0 Å². The van der Waals surface area contributed by atoms with Crippen LogP contribution in [-0.4, -0.2) is 54.4 Å². The molecule has 10 heteroatoms. The van der Waals surface area contributed by atoms with Crippen molar-refractivity contribution in [2.75, 3.05) is 6.61 Å². The maximum Gasteiger partial charge on any atom is 0.333 e. The second kappa shape index (κ2) is 9.29. The average molecular weight is 445 g/mol. The van der Waals surface area contributed by atoms with E-state index in [-0.39, 0.29) is 19.6 Å². The molecule has 1 aliphatic heterocycles. The summed E-state index contributed by atoms with van der Waals surface area (Å²) in [4.78, 5) is 29.5. The molecule has 4 atom stereocenters. The Hall–Kier alpha value is -2.92. The van der Waals surface area contributed by atoms with Gasteiger partial charge in [0.1, 0.15) is 18.0 Å². The molecule has 1 fully saturated rings.